The van der Waals surface area contributed by atoms with E-state index < -0.39 is 25.1 Å². The van der Waals surface area contributed by atoms with Gasteiger partial charge in [0.1, 0.15) is 0 Å². The molecular formula is C10H16F2N2O. The van der Waals surface area contributed by atoms with Crippen LogP contribution in [0.5, 0.6) is 0 Å². The Balaban J connectivity index is 1.86. The van der Waals surface area contributed by atoms with Gasteiger partial charge in [0.25, 0.3) is 5.92 Å². The molecule has 1 atom stereocenters. The van der Waals surface area contributed by atoms with Gasteiger partial charge >= 0.3 is 0 Å². The molecule has 2 N–H and O–H groups in total. The summed E-state index contributed by atoms with van der Waals surface area (Å²) in [7, 11) is 0. The summed E-state index contributed by atoms with van der Waals surface area (Å²) in [6.45, 7) is -0.904. The highest BCUT2D eigenvalue weighted by Crippen LogP contribution is 2.31. The Kier molecular flexibility index (Phi) is 2.66. The van der Waals surface area contributed by atoms with Gasteiger partial charge in [-0.25, -0.2) is 8.78 Å². The molecule has 1 saturated carbocycles. The maximum Gasteiger partial charge on any atom is 0.282 e. The highest BCUT2D eigenvalue weighted by molar-refractivity contribution is 5.83. The lowest BCUT2D eigenvalue weighted by molar-refractivity contribution is -0.168. The smallest absolute Gasteiger partial charge is 0.282 e. The van der Waals surface area contributed by atoms with Crippen molar-refractivity contribution in [1.29, 1.82) is 0 Å². The first-order valence-corrected chi connectivity index (χ1v) is 5.42. The van der Waals surface area contributed by atoms with Gasteiger partial charge in [-0.15, -0.1) is 0 Å². The zero-order valence-corrected chi connectivity index (χ0v) is 8.59. The maximum absolute atomic E-state index is 12.6. The molecule has 0 radical (unpaired) electrons. The van der Waals surface area contributed by atoms with Gasteiger partial charge in [-0.05, 0) is 18.8 Å². The van der Waals surface area contributed by atoms with Gasteiger partial charge in [0.15, 0.2) is 0 Å². The van der Waals surface area contributed by atoms with Crippen molar-refractivity contribution >= 4 is 5.91 Å². The van der Waals surface area contributed by atoms with E-state index >= 15 is 0 Å². The number of nitrogens with zero attached hydrogens (tertiary/aromatic N) is 1. The number of carbonyl (C=O) groups is 1. The maximum atomic E-state index is 12.6. The minimum Gasteiger partial charge on any atom is -0.329 e. The number of carbonyl (C=O) groups excluding carboxylic acids is 1. The lowest BCUT2D eigenvalue weighted by atomic mass is 9.96. The Labute approximate surface area is 87.6 Å². The van der Waals surface area contributed by atoms with E-state index in [1.165, 1.54) is 4.90 Å². The molecule has 1 aliphatic heterocycles. The monoisotopic (exact) mass is 218 g/mol. The number of halogens is 2. The van der Waals surface area contributed by atoms with Gasteiger partial charge in [-0.2, -0.15) is 0 Å². The van der Waals surface area contributed by atoms with Crippen molar-refractivity contribution in [2.75, 3.05) is 13.1 Å². The summed E-state index contributed by atoms with van der Waals surface area (Å²) in [5.41, 5.74) is 5.79. The third-order valence-corrected chi connectivity index (χ3v) is 3.35. The Bertz CT molecular complexity index is 256. The highest BCUT2D eigenvalue weighted by atomic mass is 19.3. The van der Waals surface area contributed by atoms with Crippen LogP contribution in [-0.2, 0) is 4.79 Å². The summed E-state index contributed by atoms with van der Waals surface area (Å²) in [5.74, 6) is -2.79. The number of hydrogen-bond acceptors (Lipinski definition) is 2. The highest BCUT2D eigenvalue weighted by Gasteiger charge is 2.48. The summed E-state index contributed by atoms with van der Waals surface area (Å²) in [6.07, 6.45) is 4.11. The lowest BCUT2D eigenvalue weighted by Gasteiger charge is -2.40. The fourth-order valence-corrected chi connectivity index (χ4v) is 2.40. The summed E-state index contributed by atoms with van der Waals surface area (Å²) in [6, 6.07) is -0.566. The Morgan fingerprint density at radius 1 is 1.33 bits per heavy atom. The van der Waals surface area contributed by atoms with Crippen LogP contribution in [0.15, 0.2) is 0 Å². The normalized spacial score (nSPS) is 27.5. The number of likely N-dealkylation sites (tertiary alicyclic amines) is 1. The molecule has 1 heterocycles. The Morgan fingerprint density at radius 2 is 1.87 bits per heavy atom. The molecule has 2 fully saturated rings. The minimum absolute atomic E-state index is 0.201. The molecule has 1 amide bonds. The molecule has 0 aromatic carbocycles. The first-order valence-electron chi connectivity index (χ1n) is 5.42. The van der Waals surface area contributed by atoms with Crippen molar-refractivity contribution < 1.29 is 13.6 Å². The van der Waals surface area contributed by atoms with Crippen LogP contribution in [-0.4, -0.2) is 35.9 Å². The van der Waals surface area contributed by atoms with E-state index in [9.17, 15) is 13.6 Å². The lowest BCUT2D eigenvalue weighted by Crippen LogP contribution is -2.62. The van der Waals surface area contributed by atoms with Crippen LogP contribution in [0.1, 0.15) is 25.7 Å². The average Bonchev–Trinajstić information content (AvgIpc) is 2.64. The summed E-state index contributed by atoms with van der Waals surface area (Å²) < 4.78 is 25.1. The largest absolute Gasteiger partial charge is 0.329 e. The van der Waals surface area contributed by atoms with Gasteiger partial charge < -0.3 is 10.6 Å². The quantitative estimate of drug-likeness (QED) is 0.751. The van der Waals surface area contributed by atoms with Gasteiger partial charge in [0.05, 0.1) is 19.1 Å². The van der Waals surface area contributed by atoms with E-state index in [4.69, 9.17) is 5.73 Å². The fourth-order valence-electron chi connectivity index (χ4n) is 2.40. The predicted molar refractivity (Wildman–Crippen MR) is 51.5 cm³/mol. The second-order valence-electron chi connectivity index (χ2n) is 4.62. The van der Waals surface area contributed by atoms with Crippen molar-refractivity contribution in [3.05, 3.63) is 0 Å². The molecule has 15 heavy (non-hydrogen) atoms. The summed E-state index contributed by atoms with van der Waals surface area (Å²) >= 11 is 0. The molecule has 86 valence electrons. The van der Waals surface area contributed by atoms with Crippen LogP contribution in [0.4, 0.5) is 8.78 Å². The summed E-state index contributed by atoms with van der Waals surface area (Å²) in [5, 5.41) is 0. The van der Waals surface area contributed by atoms with Crippen LogP contribution in [0.25, 0.3) is 0 Å². The molecule has 2 aliphatic rings. The zero-order chi connectivity index (χ0) is 11.1. The average molecular weight is 218 g/mol. The van der Waals surface area contributed by atoms with E-state index in [0.29, 0.717) is 0 Å². The summed E-state index contributed by atoms with van der Waals surface area (Å²) in [4.78, 5) is 12.8. The third-order valence-electron chi connectivity index (χ3n) is 3.35. The van der Waals surface area contributed by atoms with E-state index in [-0.39, 0.29) is 11.8 Å². The standard InChI is InChI=1S/C10H16F2N2O/c11-10(12)5-14(6-10)9(15)8(13)7-3-1-2-4-7/h7-8H,1-6,13H2. The van der Waals surface area contributed by atoms with Crippen LogP contribution in [0.3, 0.4) is 0 Å². The Morgan fingerprint density at radius 3 is 2.33 bits per heavy atom. The molecule has 1 unspecified atom stereocenters. The predicted octanol–water partition coefficient (Wildman–Crippen LogP) is 0.981. The fraction of sp³-hybridized carbons (Fsp3) is 0.900. The zero-order valence-electron chi connectivity index (χ0n) is 8.59. The van der Waals surface area contributed by atoms with E-state index in [0.717, 1.165) is 25.7 Å². The van der Waals surface area contributed by atoms with Crippen molar-refractivity contribution in [1.82, 2.24) is 4.90 Å². The van der Waals surface area contributed by atoms with Gasteiger partial charge in [0, 0.05) is 0 Å². The van der Waals surface area contributed by atoms with Crippen LogP contribution >= 0.6 is 0 Å². The molecule has 1 saturated heterocycles. The topological polar surface area (TPSA) is 46.3 Å². The molecule has 5 heteroatoms. The SMILES string of the molecule is NC(C(=O)N1CC(F)(F)C1)C1CCCC1. The van der Waals surface area contributed by atoms with Gasteiger partial charge in [-0.1, -0.05) is 12.8 Å². The van der Waals surface area contributed by atoms with Crippen molar-refractivity contribution in [3.8, 4) is 0 Å². The molecule has 1 aliphatic carbocycles. The van der Waals surface area contributed by atoms with E-state index in [1.807, 2.05) is 0 Å². The van der Waals surface area contributed by atoms with Crippen LogP contribution in [0.2, 0.25) is 0 Å². The van der Waals surface area contributed by atoms with E-state index in [2.05, 4.69) is 0 Å². The molecular weight excluding hydrogens is 202 g/mol. The molecule has 0 bridgehead atoms. The van der Waals surface area contributed by atoms with Crippen molar-refractivity contribution in [2.45, 2.75) is 37.6 Å². The third kappa shape index (κ3) is 2.12. The first kappa shape index (κ1) is 10.8. The van der Waals surface area contributed by atoms with E-state index in [1.54, 1.807) is 0 Å². The van der Waals surface area contributed by atoms with Crippen LogP contribution < -0.4 is 5.73 Å². The molecule has 2 rings (SSSR count). The number of amides is 1. The van der Waals surface area contributed by atoms with Crippen molar-refractivity contribution in [3.63, 3.8) is 0 Å². The van der Waals surface area contributed by atoms with Crippen LogP contribution in [0, 0.1) is 5.92 Å². The van der Waals surface area contributed by atoms with Crippen molar-refractivity contribution in [2.24, 2.45) is 11.7 Å². The number of hydrogen-bond donors (Lipinski definition) is 1. The van der Waals surface area contributed by atoms with Gasteiger partial charge in [0.2, 0.25) is 5.91 Å². The second kappa shape index (κ2) is 3.70. The van der Waals surface area contributed by atoms with Gasteiger partial charge in [-0.3, -0.25) is 4.79 Å². The number of nitrogens with two attached hydrogens (primary N) is 1. The molecule has 0 aromatic heterocycles. The second-order valence-corrected chi connectivity index (χ2v) is 4.62. The molecule has 0 spiro atoms. The minimum atomic E-state index is -2.69. The number of alkyl halides is 2. The molecule has 3 nitrogen and oxygen atoms in total. The Hall–Kier alpha value is -0.710. The number of rotatable bonds is 2. The first-order chi connectivity index (χ1) is 6.99. The molecule has 0 aromatic rings.